The first kappa shape index (κ1) is 18.0. The van der Waals surface area contributed by atoms with Crippen molar-refractivity contribution in [3.05, 3.63) is 38.8 Å². The van der Waals surface area contributed by atoms with Crippen LogP contribution in [0.5, 0.6) is 0 Å². The molecule has 1 amide bonds. The van der Waals surface area contributed by atoms with Crippen molar-refractivity contribution in [1.29, 1.82) is 0 Å². The van der Waals surface area contributed by atoms with Gasteiger partial charge in [-0.05, 0) is 50.8 Å². The van der Waals surface area contributed by atoms with E-state index < -0.39 is 11.9 Å². The highest BCUT2D eigenvalue weighted by atomic mass is 32.1. The lowest BCUT2D eigenvalue weighted by molar-refractivity contribution is -0.141. The Labute approximate surface area is 148 Å². The van der Waals surface area contributed by atoms with Crippen molar-refractivity contribution in [2.24, 2.45) is 0 Å². The summed E-state index contributed by atoms with van der Waals surface area (Å²) in [5.74, 6) is 0.0512. The van der Waals surface area contributed by atoms with Crippen molar-refractivity contribution in [3.8, 4) is 0 Å². The molecule has 25 heavy (non-hydrogen) atoms. The van der Waals surface area contributed by atoms with Gasteiger partial charge in [0.1, 0.15) is 0 Å². The Kier molecular flexibility index (Phi) is 4.90. The number of hydrogen-bond donors (Lipinski definition) is 1. The van der Waals surface area contributed by atoms with E-state index in [1.165, 1.54) is 16.0 Å². The van der Waals surface area contributed by atoms with Crippen molar-refractivity contribution >= 4 is 17.2 Å². The van der Waals surface area contributed by atoms with Crippen LogP contribution < -0.4 is 5.32 Å². The molecule has 0 unspecified atom stereocenters. The van der Waals surface area contributed by atoms with Crippen LogP contribution in [0.25, 0.3) is 0 Å². The van der Waals surface area contributed by atoms with Crippen molar-refractivity contribution in [2.45, 2.75) is 51.7 Å². The molecule has 136 valence electrons. The first-order valence-electron chi connectivity index (χ1n) is 8.26. The molecular formula is C17H20F3N3OS. The fourth-order valence-corrected chi connectivity index (χ4v) is 3.61. The van der Waals surface area contributed by atoms with E-state index in [2.05, 4.69) is 10.4 Å². The number of carbonyl (C=O) groups excluding carboxylic acids is 1. The van der Waals surface area contributed by atoms with Gasteiger partial charge in [-0.3, -0.25) is 9.48 Å². The largest absolute Gasteiger partial charge is 0.435 e. The highest BCUT2D eigenvalue weighted by Crippen LogP contribution is 2.42. The maximum Gasteiger partial charge on any atom is 0.435 e. The fourth-order valence-electron chi connectivity index (χ4n) is 2.66. The van der Waals surface area contributed by atoms with E-state index in [0.717, 1.165) is 29.3 Å². The molecule has 1 fully saturated rings. The zero-order valence-corrected chi connectivity index (χ0v) is 14.9. The Morgan fingerprint density at radius 2 is 2.08 bits per heavy atom. The van der Waals surface area contributed by atoms with Crippen LogP contribution >= 0.6 is 11.3 Å². The molecule has 1 aliphatic rings. The van der Waals surface area contributed by atoms with Crippen LogP contribution in [0.1, 0.15) is 56.7 Å². The monoisotopic (exact) mass is 371 g/mol. The molecule has 0 radical (unpaired) electrons. The highest BCUT2D eigenvalue weighted by Gasteiger charge is 2.37. The molecule has 1 aliphatic carbocycles. The minimum atomic E-state index is -4.42. The van der Waals surface area contributed by atoms with Crippen LogP contribution in [-0.4, -0.2) is 22.2 Å². The number of nitrogens with zero attached hydrogens (tertiary/aromatic N) is 2. The van der Waals surface area contributed by atoms with Gasteiger partial charge in [0.05, 0.1) is 4.88 Å². The SMILES string of the molecule is Cc1cc(C(=O)NCCCn2nc(C(F)(F)F)cc2C2CC2)sc1C. The number of halogens is 3. The number of amides is 1. The van der Waals surface area contributed by atoms with Gasteiger partial charge < -0.3 is 5.32 Å². The van der Waals surface area contributed by atoms with E-state index in [1.54, 1.807) is 0 Å². The highest BCUT2D eigenvalue weighted by molar-refractivity contribution is 7.14. The second-order valence-electron chi connectivity index (χ2n) is 6.41. The second kappa shape index (κ2) is 6.82. The number of hydrogen-bond acceptors (Lipinski definition) is 3. The summed E-state index contributed by atoms with van der Waals surface area (Å²) in [5, 5.41) is 6.53. The Bertz CT molecular complexity index is 755. The average molecular weight is 371 g/mol. The van der Waals surface area contributed by atoms with E-state index in [1.807, 2.05) is 19.9 Å². The third-order valence-electron chi connectivity index (χ3n) is 4.32. The Hall–Kier alpha value is -1.83. The van der Waals surface area contributed by atoms with Crippen molar-refractivity contribution in [2.75, 3.05) is 6.54 Å². The summed E-state index contributed by atoms with van der Waals surface area (Å²) in [6, 6.07) is 3.01. The predicted octanol–water partition coefficient (Wildman–Crippen LogP) is 4.28. The summed E-state index contributed by atoms with van der Waals surface area (Å²) in [4.78, 5) is 13.8. The van der Waals surface area contributed by atoms with Crippen LogP contribution in [0.2, 0.25) is 0 Å². The normalized spacial score (nSPS) is 14.8. The fraction of sp³-hybridized carbons (Fsp3) is 0.529. The van der Waals surface area contributed by atoms with Crippen LogP contribution in [0.3, 0.4) is 0 Å². The molecule has 0 spiro atoms. The number of aromatic nitrogens is 2. The van der Waals surface area contributed by atoms with Gasteiger partial charge in [0.25, 0.3) is 5.91 Å². The molecule has 2 aromatic rings. The molecule has 0 aliphatic heterocycles. The molecule has 4 nitrogen and oxygen atoms in total. The number of alkyl halides is 3. The van der Waals surface area contributed by atoms with E-state index in [0.29, 0.717) is 30.1 Å². The standard InChI is InChI=1S/C17H20F3N3OS/c1-10-8-14(25-11(10)2)16(24)21-6-3-7-23-13(12-4-5-12)9-15(22-23)17(18,19)20/h8-9,12H,3-7H2,1-2H3,(H,21,24). The molecule has 2 heterocycles. The van der Waals surface area contributed by atoms with Crippen LogP contribution in [0.15, 0.2) is 12.1 Å². The maximum atomic E-state index is 12.8. The Morgan fingerprint density at radius 3 is 2.64 bits per heavy atom. The van der Waals surface area contributed by atoms with Gasteiger partial charge in [0.2, 0.25) is 0 Å². The van der Waals surface area contributed by atoms with Gasteiger partial charge in [-0.1, -0.05) is 0 Å². The zero-order valence-electron chi connectivity index (χ0n) is 14.1. The smallest absolute Gasteiger partial charge is 0.351 e. The minimum absolute atomic E-state index is 0.139. The number of rotatable bonds is 6. The summed E-state index contributed by atoms with van der Waals surface area (Å²) in [5.41, 5.74) is 0.909. The molecule has 1 N–H and O–H groups in total. The number of aryl methyl sites for hydroxylation is 3. The van der Waals surface area contributed by atoms with Crippen LogP contribution in [-0.2, 0) is 12.7 Å². The zero-order chi connectivity index (χ0) is 18.2. The molecule has 0 aromatic carbocycles. The van der Waals surface area contributed by atoms with Gasteiger partial charge in [-0.25, -0.2) is 0 Å². The second-order valence-corrected chi connectivity index (χ2v) is 7.67. The molecule has 0 atom stereocenters. The summed E-state index contributed by atoms with van der Waals surface area (Å²) in [6.07, 6.45) is -2.06. The maximum absolute atomic E-state index is 12.8. The van der Waals surface area contributed by atoms with Crippen LogP contribution in [0, 0.1) is 13.8 Å². The lowest BCUT2D eigenvalue weighted by Gasteiger charge is -2.07. The number of thiophene rings is 1. The summed E-state index contributed by atoms with van der Waals surface area (Å²) < 4.78 is 40.0. The van der Waals surface area contributed by atoms with Gasteiger partial charge in [0, 0.05) is 29.6 Å². The average Bonchev–Trinajstić information content (AvgIpc) is 3.19. The molecule has 8 heteroatoms. The van der Waals surface area contributed by atoms with Gasteiger partial charge in [0.15, 0.2) is 5.69 Å². The van der Waals surface area contributed by atoms with Crippen molar-refractivity contribution < 1.29 is 18.0 Å². The molecule has 1 saturated carbocycles. The van der Waals surface area contributed by atoms with E-state index in [9.17, 15) is 18.0 Å². The van der Waals surface area contributed by atoms with E-state index in [4.69, 9.17) is 0 Å². The van der Waals surface area contributed by atoms with E-state index >= 15 is 0 Å². The summed E-state index contributed by atoms with van der Waals surface area (Å²) in [7, 11) is 0. The molecule has 0 bridgehead atoms. The molecule has 3 rings (SSSR count). The van der Waals surface area contributed by atoms with Gasteiger partial charge in [-0.15, -0.1) is 11.3 Å². The number of nitrogens with one attached hydrogen (secondary N) is 1. The summed E-state index contributed by atoms with van der Waals surface area (Å²) >= 11 is 1.44. The molecule has 2 aromatic heterocycles. The lowest BCUT2D eigenvalue weighted by atomic mass is 10.2. The minimum Gasteiger partial charge on any atom is -0.351 e. The predicted molar refractivity (Wildman–Crippen MR) is 89.9 cm³/mol. The Morgan fingerprint density at radius 1 is 1.36 bits per heavy atom. The number of carbonyl (C=O) groups is 1. The third kappa shape index (κ3) is 4.23. The lowest BCUT2D eigenvalue weighted by Crippen LogP contribution is -2.24. The van der Waals surface area contributed by atoms with Gasteiger partial charge >= 0.3 is 6.18 Å². The van der Waals surface area contributed by atoms with Gasteiger partial charge in [-0.2, -0.15) is 18.3 Å². The van der Waals surface area contributed by atoms with Crippen molar-refractivity contribution in [3.63, 3.8) is 0 Å². The Balaban J connectivity index is 1.55. The quantitative estimate of drug-likeness (QED) is 0.771. The topological polar surface area (TPSA) is 46.9 Å². The third-order valence-corrected chi connectivity index (χ3v) is 5.47. The van der Waals surface area contributed by atoms with Crippen molar-refractivity contribution in [1.82, 2.24) is 15.1 Å². The molecular weight excluding hydrogens is 351 g/mol. The summed E-state index contributed by atoms with van der Waals surface area (Å²) in [6.45, 7) is 4.69. The first-order chi connectivity index (χ1) is 11.8. The van der Waals surface area contributed by atoms with E-state index in [-0.39, 0.29) is 11.8 Å². The van der Waals surface area contributed by atoms with Crippen LogP contribution in [0.4, 0.5) is 13.2 Å². The first-order valence-corrected chi connectivity index (χ1v) is 9.07. The molecule has 0 saturated heterocycles.